The summed E-state index contributed by atoms with van der Waals surface area (Å²) in [4.78, 5) is 0. The molecule has 62 valence electrons. The molecular weight excluding hydrogens is 924 g/mol. The fourth-order valence-corrected chi connectivity index (χ4v) is 5.57. The minimum Gasteiger partial charge on any atom is -0.0685 e. The van der Waals surface area contributed by atoms with Gasteiger partial charge in [0.05, 0.1) is 1.93 Å². The van der Waals surface area contributed by atoms with Crippen LogP contribution in [0.15, 0.2) is 0 Å². The molecule has 7 heteroatoms. The van der Waals surface area contributed by atoms with E-state index in [-0.39, 0.29) is -0.565 Å². The fourth-order valence-electron chi connectivity index (χ4n) is 0.124. The largest absolute Gasteiger partial charge is 0.149 e. The first kappa shape index (κ1) is 15.1. The van der Waals surface area contributed by atoms with Gasteiger partial charge >= 0.3 is 0 Å². The number of alkyl halides is 7. The second-order valence-electron chi connectivity index (χ2n) is 1.42. The Morgan fingerprint density at radius 2 is 1.10 bits per heavy atom. The van der Waals surface area contributed by atoms with Gasteiger partial charge in [-0.25, -0.2) is 0 Å². The second kappa shape index (κ2) is 6.00. The van der Waals surface area contributed by atoms with Crippen LogP contribution in [-0.2, 0) is 0 Å². The highest BCUT2D eigenvalue weighted by Crippen LogP contribution is 2.59. The summed E-state index contributed by atoms with van der Waals surface area (Å²) in [6.45, 7) is 0. The molecule has 0 fully saturated rings. The third kappa shape index (κ3) is 4.75. The average molecular weight is 925 g/mol. The summed E-state index contributed by atoms with van der Waals surface area (Å²) in [6, 6.07) is 0. The third-order valence-corrected chi connectivity index (χ3v) is 18.9. The van der Waals surface area contributed by atoms with Gasteiger partial charge in [0.25, 0.3) is 0 Å². The number of rotatable bonds is 2. The van der Waals surface area contributed by atoms with E-state index in [1.807, 2.05) is 0 Å². The molecule has 0 saturated heterocycles. The van der Waals surface area contributed by atoms with Crippen LogP contribution in [0, 0.1) is 0 Å². The minimum absolute atomic E-state index is 0.286. The quantitative estimate of drug-likeness (QED) is 0.247. The van der Waals surface area contributed by atoms with Crippen LogP contribution in [0.5, 0.6) is 0 Å². The zero-order valence-electron chi connectivity index (χ0n) is 4.22. The minimum atomic E-state index is 0.286. The molecule has 0 aliphatic heterocycles. The predicted molar refractivity (Wildman–Crippen MR) is 107 cm³/mol. The van der Waals surface area contributed by atoms with Crippen LogP contribution in [0.25, 0.3) is 0 Å². The molecule has 0 aromatic carbocycles. The Balaban J connectivity index is 4.40. The van der Waals surface area contributed by atoms with Crippen molar-refractivity contribution in [2.45, 2.75) is 2.80 Å². The topological polar surface area (TPSA) is 0 Å². The van der Waals surface area contributed by atoms with E-state index in [9.17, 15) is 0 Å². The molecule has 0 unspecified atom stereocenters. The molecule has 0 bridgehead atoms. The van der Waals surface area contributed by atoms with Gasteiger partial charge in [-0.05, 0) is 0 Å². The normalized spacial score (nSPS) is 14.4. The smallest absolute Gasteiger partial charge is 0.0685 e. The van der Waals surface area contributed by atoms with E-state index in [0.717, 1.165) is 0 Å². The van der Waals surface area contributed by atoms with E-state index >= 15 is 0 Å². The van der Waals surface area contributed by atoms with E-state index in [4.69, 9.17) is 0 Å². The van der Waals surface area contributed by atoms with Gasteiger partial charge in [-0.1, -0.05) is 158 Å². The third-order valence-electron chi connectivity index (χ3n) is 0.652. The molecule has 0 saturated carbocycles. The van der Waals surface area contributed by atoms with E-state index in [2.05, 4.69) is 158 Å². The molecule has 0 N–H and O–H groups in total. The average Bonchev–Trinajstić information content (AvgIpc) is 1.62. The molecule has 0 aromatic heterocycles. The molecule has 0 radical (unpaired) electrons. The van der Waals surface area contributed by atoms with Gasteiger partial charge in [0.2, 0.25) is 0 Å². The van der Waals surface area contributed by atoms with Crippen LogP contribution in [0.2, 0.25) is 0 Å². The first-order valence-electron chi connectivity index (χ1n) is 1.92. The van der Waals surface area contributed by atoms with Crippen molar-refractivity contribution in [3.8, 4) is 0 Å². The maximum Gasteiger partial charge on any atom is 0.149 e. The Bertz CT molecular complexity index is 111. The van der Waals surface area contributed by atoms with Crippen LogP contribution in [0.3, 0.4) is 0 Å². The van der Waals surface area contributed by atoms with Gasteiger partial charge in [0.1, 0.15) is 0.864 Å². The molecule has 0 amide bonds. The Kier molecular flexibility index (Phi) is 9.06. The fraction of sp³-hybridized carbons (Fsp3) is 1.00. The number of hydrogen-bond acceptors (Lipinski definition) is 0. The lowest BCUT2D eigenvalue weighted by Crippen LogP contribution is -2.33. The molecular formula is C3HI7. The summed E-state index contributed by atoms with van der Waals surface area (Å²) in [5, 5.41) is 0. The van der Waals surface area contributed by atoms with Gasteiger partial charge in [-0.3, -0.25) is 0 Å². The van der Waals surface area contributed by atoms with Gasteiger partial charge in [-0.15, -0.1) is 0 Å². The molecule has 10 heavy (non-hydrogen) atoms. The summed E-state index contributed by atoms with van der Waals surface area (Å²) in [7, 11) is 0. The summed E-state index contributed by atoms with van der Waals surface area (Å²) in [5.74, 6) is 0. The predicted octanol–water partition coefficient (Wildman–Crippen LogP) is 5.71. The number of halogens is 7. The molecule has 0 aliphatic rings. The monoisotopic (exact) mass is 925 g/mol. The Labute approximate surface area is 156 Å². The maximum absolute atomic E-state index is 2.52. The van der Waals surface area contributed by atoms with E-state index in [1.54, 1.807) is 0 Å². The summed E-state index contributed by atoms with van der Waals surface area (Å²) in [6.07, 6.45) is 0. The second-order valence-corrected chi connectivity index (χ2v) is 22.8. The van der Waals surface area contributed by atoms with Crippen molar-refractivity contribution in [2.24, 2.45) is 0 Å². The highest BCUT2D eigenvalue weighted by molar-refractivity contribution is 14.3. The molecule has 0 aliphatic carbocycles. The van der Waals surface area contributed by atoms with Gasteiger partial charge < -0.3 is 0 Å². The van der Waals surface area contributed by atoms with Gasteiger partial charge in [0.15, 0.2) is 0 Å². The van der Waals surface area contributed by atoms with Crippen molar-refractivity contribution in [2.75, 3.05) is 0 Å². The van der Waals surface area contributed by atoms with E-state index < -0.39 is 0 Å². The SMILES string of the molecule is IC(I)C(I)(I)C(I)(I)I. The zero-order valence-corrected chi connectivity index (χ0v) is 19.3. The van der Waals surface area contributed by atoms with Crippen molar-refractivity contribution in [1.29, 1.82) is 0 Å². The highest BCUT2D eigenvalue weighted by atomic mass is 127. The molecule has 0 heterocycles. The van der Waals surface area contributed by atoms with Gasteiger partial charge in [-0.2, -0.15) is 0 Å². The van der Waals surface area contributed by atoms with Crippen LogP contribution in [0.4, 0.5) is 0 Å². The van der Waals surface area contributed by atoms with Crippen molar-refractivity contribution < 1.29 is 0 Å². The number of hydrogen-bond donors (Lipinski definition) is 0. The van der Waals surface area contributed by atoms with Crippen LogP contribution >= 0.6 is 158 Å². The summed E-state index contributed by atoms with van der Waals surface area (Å²) < 4.78 is 1.24. The van der Waals surface area contributed by atoms with Crippen LogP contribution in [0.1, 0.15) is 0 Å². The first-order valence-corrected chi connectivity index (χ1v) is 9.81. The lowest BCUT2D eigenvalue weighted by atomic mass is 10.6. The van der Waals surface area contributed by atoms with Crippen LogP contribution < -0.4 is 0 Å². The molecule has 0 nitrogen and oxygen atoms in total. The summed E-state index contributed by atoms with van der Waals surface area (Å²) in [5.41, 5.74) is 0. The first-order chi connectivity index (χ1) is 4.19. The van der Waals surface area contributed by atoms with Gasteiger partial charge in [0, 0.05) is 0 Å². The molecule has 0 atom stereocenters. The van der Waals surface area contributed by atoms with Crippen molar-refractivity contribution in [3.63, 3.8) is 0 Å². The van der Waals surface area contributed by atoms with E-state index in [1.165, 1.54) is 0 Å². The summed E-state index contributed by atoms with van der Waals surface area (Å²) >= 11 is 17.4. The molecule has 0 aromatic rings. The Hall–Kier alpha value is 5.11. The maximum atomic E-state index is 2.52. The molecule has 0 rings (SSSR count). The lowest BCUT2D eigenvalue weighted by Gasteiger charge is -2.31. The Morgan fingerprint density at radius 3 is 1.10 bits per heavy atom. The van der Waals surface area contributed by atoms with E-state index in [0.29, 0.717) is 3.36 Å². The van der Waals surface area contributed by atoms with Crippen molar-refractivity contribution in [3.05, 3.63) is 0 Å². The van der Waals surface area contributed by atoms with Crippen molar-refractivity contribution >= 4 is 158 Å². The zero-order chi connectivity index (χ0) is 8.58. The standard InChI is InChI=1S/C3HI7/c4-1(5)2(6,7)3(8,9)10/h1H. The highest BCUT2D eigenvalue weighted by Gasteiger charge is 2.46. The molecule has 0 spiro atoms. The van der Waals surface area contributed by atoms with Crippen LogP contribution in [-0.4, -0.2) is 2.80 Å². The Morgan fingerprint density at radius 1 is 0.800 bits per heavy atom. The lowest BCUT2D eigenvalue weighted by molar-refractivity contribution is 1.14. The van der Waals surface area contributed by atoms with Crippen molar-refractivity contribution in [1.82, 2.24) is 0 Å².